The first-order valence-electron chi connectivity index (χ1n) is 6.16. The fraction of sp³-hybridized carbons (Fsp3) is 0.385. The Morgan fingerprint density at radius 3 is 2.55 bits per heavy atom. The number of ether oxygens (including phenoxy) is 1. The maximum atomic E-state index is 12.2. The third kappa shape index (κ3) is 2.76. The Labute approximate surface area is 115 Å². The van der Waals surface area contributed by atoms with Crippen molar-refractivity contribution in [2.45, 2.75) is 12.8 Å². The lowest BCUT2D eigenvalue weighted by Crippen LogP contribution is -2.38. The number of nitro groups is 1. The van der Waals surface area contributed by atoms with E-state index in [4.69, 9.17) is 4.74 Å². The first-order valence-corrected chi connectivity index (χ1v) is 6.16. The van der Waals surface area contributed by atoms with E-state index in [0.717, 1.165) is 0 Å². The summed E-state index contributed by atoms with van der Waals surface area (Å²) in [5.74, 6) is -0.0570. The first kappa shape index (κ1) is 14.0. The van der Waals surface area contributed by atoms with Gasteiger partial charge in [-0.3, -0.25) is 19.7 Å². The largest absolute Gasteiger partial charge is 0.490 e. The summed E-state index contributed by atoms with van der Waals surface area (Å²) in [6.45, 7) is 0.717. The zero-order valence-electron chi connectivity index (χ0n) is 11.0. The molecule has 2 rings (SSSR count). The van der Waals surface area contributed by atoms with Gasteiger partial charge in [-0.05, 0) is 12.1 Å². The second kappa shape index (κ2) is 5.68. The van der Waals surface area contributed by atoms with Crippen LogP contribution in [-0.2, 0) is 4.79 Å². The summed E-state index contributed by atoms with van der Waals surface area (Å²) in [5.41, 5.74) is -0.0155. The summed E-state index contributed by atoms with van der Waals surface area (Å²) >= 11 is 0. The molecular formula is C13H14N2O5. The Balaban J connectivity index is 2.24. The molecule has 0 aliphatic carbocycles. The number of benzene rings is 1. The summed E-state index contributed by atoms with van der Waals surface area (Å²) in [6.07, 6.45) is 0.675. The maximum Gasteiger partial charge on any atom is 0.311 e. The number of nitro benzene ring substituents is 1. The van der Waals surface area contributed by atoms with Crippen LogP contribution in [0.2, 0.25) is 0 Å². The lowest BCUT2D eigenvalue weighted by atomic mass is 10.1. The van der Waals surface area contributed by atoms with Crippen LogP contribution in [0, 0.1) is 10.1 Å². The van der Waals surface area contributed by atoms with Gasteiger partial charge in [-0.15, -0.1) is 0 Å². The molecule has 0 N–H and O–H groups in total. The zero-order chi connectivity index (χ0) is 14.7. The van der Waals surface area contributed by atoms with Crippen molar-refractivity contribution in [2.24, 2.45) is 0 Å². The van der Waals surface area contributed by atoms with Crippen molar-refractivity contribution in [2.75, 3.05) is 20.2 Å². The Morgan fingerprint density at radius 1 is 1.35 bits per heavy atom. The van der Waals surface area contributed by atoms with Gasteiger partial charge in [-0.2, -0.15) is 0 Å². The highest BCUT2D eigenvalue weighted by Crippen LogP contribution is 2.28. The van der Waals surface area contributed by atoms with Gasteiger partial charge in [0.15, 0.2) is 5.75 Å². The van der Waals surface area contributed by atoms with Crippen LogP contribution in [0.3, 0.4) is 0 Å². The van der Waals surface area contributed by atoms with Crippen LogP contribution in [0.4, 0.5) is 5.69 Å². The van der Waals surface area contributed by atoms with E-state index in [0.29, 0.717) is 25.9 Å². The molecule has 1 aliphatic rings. The second-order valence-corrected chi connectivity index (χ2v) is 4.47. The maximum absolute atomic E-state index is 12.2. The van der Waals surface area contributed by atoms with Gasteiger partial charge in [-0.1, -0.05) is 0 Å². The molecule has 1 aliphatic heterocycles. The molecule has 0 spiro atoms. The zero-order valence-corrected chi connectivity index (χ0v) is 11.0. The number of carbonyl (C=O) groups excluding carboxylic acids is 2. The number of Topliss-reactive ketones (excluding diaryl/α,β-unsaturated/α-hetero) is 1. The van der Waals surface area contributed by atoms with Crippen molar-refractivity contribution in [1.29, 1.82) is 0 Å². The summed E-state index contributed by atoms with van der Waals surface area (Å²) in [7, 11) is 1.33. The molecule has 7 heteroatoms. The molecule has 20 heavy (non-hydrogen) atoms. The van der Waals surface area contributed by atoms with E-state index in [2.05, 4.69) is 0 Å². The van der Waals surface area contributed by atoms with E-state index in [1.54, 1.807) is 0 Å². The fourth-order valence-electron chi connectivity index (χ4n) is 2.11. The Bertz CT molecular complexity index is 560. The summed E-state index contributed by atoms with van der Waals surface area (Å²) in [4.78, 5) is 35.3. The van der Waals surface area contributed by atoms with E-state index >= 15 is 0 Å². The lowest BCUT2D eigenvalue weighted by Gasteiger charge is -2.26. The van der Waals surface area contributed by atoms with Gasteiger partial charge in [0.1, 0.15) is 5.78 Å². The van der Waals surface area contributed by atoms with Crippen molar-refractivity contribution < 1.29 is 19.2 Å². The molecule has 1 aromatic carbocycles. The minimum Gasteiger partial charge on any atom is -0.490 e. The molecule has 0 saturated carbocycles. The molecule has 0 aromatic heterocycles. The number of amides is 1. The summed E-state index contributed by atoms with van der Waals surface area (Å²) in [6, 6.07) is 4.10. The van der Waals surface area contributed by atoms with Crippen LogP contribution in [-0.4, -0.2) is 41.7 Å². The minimum absolute atomic E-state index is 0.111. The van der Waals surface area contributed by atoms with Gasteiger partial charge in [0.2, 0.25) is 0 Å². The van der Waals surface area contributed by atoms with Gasteiger partial charge in [-0.25, -0.2) is 0 Å². The molecule has 1 aromatic rings. The number of ketones is 1. The van der Waals surface area contributed by atoms with Crippen molar-refractivity contribution in [3.63, 3.8) is 0 Å². The average Bonchev–Trinajstić information content (AvgIpc) is 2.46. The van der Waals surface area contributed by atoms with Gasteiger partial charge < -0.3 is 9.64 Å². The van der Waals surface area contributed by atoms with Gasteiger partial charge in [0.05, 0.1) is 12.0 Å². The van der Waals surface area contributed by atoms with Crippen LogP contribution >= 0.6 is 0 Å². The van der Waals surface area contributed by atoms with E-state index in [9.17, 15) is 19.7 Å². The molecule has 7 nitrogen and oxygen atoms in total. The predicted octanol–water partition coefficient (Wildman–Crippen LogP) is 1.41. The number of carbonyl (C=O) groups is 2. The monoisotopic (exact) mass is 278 g/mol. The summed E-state index contributed by atoms with van der Waals surface area (Å²) in [5, 5.41) is 10.9. The first-order chi connectivity index (χ1) is 9.52. The molecule has 0 radical (unpaired) electrons. The molecule has 0 atom stereocenters. The SMILES string of the molecule is COc1ccc(C(=O)N2CCC(=O)CC2)cc1[N+](=O)[O-]. The third-order valence-corrected chi connectivity index (χ3v) is 3.23. The highest BCUT2D eigenvalue weighted by molar-refractivity contribution is 5.96. The van der Waals surface area contributed by atoms with Gasteiger partial charge >= 0.3 is 5.69 Å². The number of piperidine rings is 1. The molecule has 106 valence electrons. The number of nitrogens with zero attached hydrogens (tertiary/aromatic N) is 2. The number of likely N-dealkylation sites (tertiary alicyclic amines) is 1. The van der Waals surface area contributed by atoms with Gasteiger partial charge in [0, 0.05) is 37.6 Å². The Morgan fingerprint density at radius 2 is 2.00 bits per heavy atom. The quantitative estimate of drug-likeness (QED) is 0.616. The second-order valence-electron chi connectivity index (χ2n) is 4.47. The topological polar surface area (TPSA) is 89.8 Å². The van der Waals surface area contributed by atoms with E-state index in [1.807, 2.05) is 0 Å². The van der Waals surface area contributed by atoms with Crippen molar-refractivity contribution in [1.82, 2.24) is 4.90 Å². The lowest BCUT2D eigenvalue weighted by molar-refractivity contribution is -0.385. The van der Waals surface area contributed by atoms with Crippen molar-refractivity contribution in [3.05, 3.63) is 33.9 Å². The number of rotatable bonds is 3. The molecule has 1 fully saturated rings. The number of hydrogen-bond donors (Lipinski definition) is 0. The fourth-order valence-corrected chi connectivity index (χ4v) is 2.11. The molecule has 1 amide bonds. The number of hydrogen-bond acceptors (Lipinski definition) is 5. The Kier molecular flexibility index (Phi) is 3.97. The highest BCUT2D eigenvalue weighted by atomic mass is 16.6. The van der Waals surface area contributed by atoms with Crippen LogP contribution in [0.1, 0.15) is 23.2 Å². The third-order valence-electron chi connectivity index (χ3n) is 3.23. The Hall–Kier alpha value is -2.44. The average molecular weight is 278 g/mol. The number of methoxy groups -OCH3 is 1. The van der Waals surface area contributed by atoms with Crippen LogP contribution in [0.5, 0.6) is 5.75 Å². The highest BCUT2D eigenvalue weighted by Gasteiger charge is 2.24. The normalized spacial score (nSPS) is 15.1. The minimum atomic E-state index is -0.588. The molecular weight excluding hydrogens is 264 g/mol. The molecule has 0 bridgehead atoms. The molecule has 1 heterocycles. The van der Waals surface area contributed by atoms with E-state index in [1.165, 1.54) is 30.2 Å². The predicted molar refractivity (Wildman–Crippen MR) is 69.8 cm³/mol. The smallest absolute Gasteiger partial charge is 0.311 e. The van der Waals surface area contributed by atoms with Crippen LogP contribution in [0.25, 0.3) is 0 Å². The standard InChI is InChI=1S/C13H14N2O5/c1-20-12-3-2-9(8-11(12)15(18)19)13(17)14-6-4-10(16)5-7-14/h2-3,8H,4-7H2,1H3. The van der Waals surface area contributed by atoms with E-state index < -0.39 is 4.92 Å². The summed E-state index contributed by atoms with van der Waals surface area (Å²) < 4.78 is 4.89. The van der Waals surface area contributed by atoms with Crippen molar-refractivity contribution >= 4 is 17.4 Å². The van der Waals surface area contributed by atoms with Gasteiger partial charge in [0.25, 0.3) is 5.91 Å². The van der Waals surface area contributed by atoms with Crippen LogP contribution < -0.4 is 4.74 Å². The molecule has 1 saturated heterocycles. The molecule has 0 unspecified atom stereocenters. The van der Waals surface area contributed by atoms with Crippen LogP contribution in [0.15, 0.2) is 18.2 Å². The van der Waals surface area contributed by atoms with Crippen molar-refractivity contribution in [3.8, 4) is 5.75 Å². The van der Waals surface area contributed by atoms with E-state index in [-0.39, 0.29) is 28.7 Å².